The number of ether oxygens (including phenoxy) is 2. The van der Waals surface area contributed by atoms with Crippen LogP contribution in [0.4, 0.5) is 33.6 Å². The van der Waals surface area contributed by atoms with E-state index in [1.807, 2.05) is 0 Å². The van der Waals surface area contributed by atoms with Crippen molar-refractivity contribution in [1.29, 1.82) is 0 Å². The molecule has 2 aromatic carbocycles. The first-order valence-corrected chi connectivity index (χ1v) is 8.78. The molecule has 0 fully saturated rings. The summed E-state index contributed by atoms with van der Waals surface area (Å²) in [6.45, 7) is 1.45. The van der Waals surface area contributed by atoms with Crippen LogP contribution < -0.4 is 20.3 Å². The van der Waals surface area contributed by atoms with Crippen molar-refractivity contribution in [3.63, 3.8) is 0 Å². The predicted molar refractivity (Wildman–Crippen MR) is 102 cm³/mol. The molecule has 0 spiro atoms. The molecule has 1 heterocycles. The standard InChI is InChI=1S/C20H16F5N3O3/c1-11-5-15(31-20(23,24)25)3-4-16(11)26-19-27-18(29)17(30-2)10-28(19)9-12-6-13(21)8-14(22)7-12/h3-8,10H,9H2,1-2H3,(H,26,27,29). The maximum Gasteiger partial charge on any atom is 0.573 e. The number of hydrogen-bond acceptors (Lipinski definition) is 5. The molecule has 0 aliphatic rings. The summed E-state index contributed by atoms with van der Waals surface area (Å²) in [6.07, 6.45) is -3.53. The van der Waals surface area contributed by atoms with Crippen LogP contribution in [0.25, 0.3) is 0 Å². The molecule has 0 radical (unpaired) electrons. The van der Waals surface area contributed by atoms with Crippen LogP contribution in [-0.2, 0) is 6.54 Å². The van der Waals surface area contributed by atoms with Gasteiger partial charge in [0.2, 0.25) is 11.7 Å². The van der Waals surface area contributed by atoms with Crippen LogP contribution in [0.5, 0.6) is 11.5 Å². The number of halogens is 5. The minimum absolute atomic E-state index is 0.0111. The SMILES string of the molecule is COc1cn(Cc2cc(F)cc(F)c2)c(Nc2ccc(OC(F)(F)F)cc2C)nc1=O. The zero-order valence-electron chi connectivity index (χ0n) is 16.3. The van der Waals surface area contributed by atoms with Gasteiger partial charge in [0.05, 0.1) is 19.9 Å². The molecule has 0 unspecified atom stereocenters. The van der Waals surface area contributed by atoms with Gasteiger partial charge in [-0.2, -0.15) is 4.98 Å². The molecule has 6 nitrogen and oxygen atoms in total. The van der Waals surface area contributed by atoms with Crippen LogP contribution >= 0.6 is 0 Å². The lowest BCUT2D eigenvalue weighted by molar-refractivity contribution is -0.274. The normalized spacial score (nSPS) is 11.3. The van der Waals surface area contributed by atoms with Crippen LogP contribution in [0.15, 0.2) is 47.4 Å². The van der Waals surface area contributed by atoms with Crippen molar-refractivity contribution in [3.8, 4) is 11.5 Å². The van der Waals surface area contributed by atoms with E-state index in [9.17, 15) is 26.7 Å². The molecule has 0 aliphatic carbocycles. The van der Waals surface area contributed by atoms with Crippen molar-refractivity contribution in [3.05, 3.63) is 75.7 Å². The van der Waals surface area contributed by atoms with E-state index < -0.39 is 29.3 Å². The maximum atomic E-state index is 13.5. The Kier molecular flexibility index (Phi) is 6.14. The minimum Gasteiger partial charge on any atom is -0.490 e. The van der Waals surface area contributed by atoms with Gasteiger partial charge in [-0.25, -0.2) is 8.78 Å². The van der Waals surface area contributed by atoms with Gasteiger partial charge in [0.25, 0.3) is 0 Å². The summed E-state index contributed by atoms with van der Waals surface area (Å²) in [5.74, 6) is -2.08. The Hall–Kier alpha value is -3.63. The Balaban J connectivity index is 1.97. The molecule has 11 heteroatoms. The van der Waals surface area contributed by atoms with E-state index in [-0.39, 0.29) is 23.8 Å². The predicted octanol–water partition coefficient (Wildman–Crippen LogP) is 4.53. The average molecular weight is 441 g/mol. The average Bonchev–Trinajstić information content (AvgIpc) is 2.63. The highest BCUT2D eigenvalue weighted by atomic mass is 19.4. The monoisotopic (exact) mass is 441 g/mol. The van der Waals surface area contributed by atoms with Crippen LogP contribution in [0.2, 0.25) is 0 Å². The number of aromatic nitrogens is 2. The number of nitrogens with zero attached hydrogens (tertiary/aromatic N) is 2. The molecule has 31 heavy (non-hydrogen) atoms. The minimum atomic E-state index is -4.83. The van der Waals surface area contributed by atoms with E-state index in [1.165, 1.54) is 30.9 Å². The van der Waals surface area contributed by atoms with Crippen molar-refractivity contribution in [1.82, 2.24) is 9.55 Å². The Bertz CT molecular complexity index is 1140. The van der Waals surface area contributed by atoms with Crippen LogP contribution in [0.1, 0.15) is 11.1 Å². The molecule has 3 aromatic rings. The molecule has 0 bridgehead atoms. The molecular formula is C20H16F5N3O3. The number of aryl methyl sites for hydroxylation is 1. The van der Waals surface area contributed by atoms with Gasteiger partial charge in [-0.05, 0) is 48.4 Å². The summed E-state index contributed by atoms with van der Waals surface area (Å²) in [7, 11) is 1.27. The lowest BCUT2D eigenvalue weighted by atomic mass is 10.2. The fraction of sp³-hybridized carbons (Fsp3) is 0.200. The summed E-state index contributed by atoms with van der Waals surface area (Å²) in [6, 6.07) is 6.53. The molecular weight excluding hydrogens is 425 g/mol. The van der Waals surface area contributed by atoms with E-state index in [0.717, 1.165) is 30.3 Å². The van der Waals surface area contributed by atoms with Gasteiger partial charge in [-0.15, -0.1) is 13.2 Å². The molecule has 1 aromatic heterocycles. The largest absolute Gasteiger partial charge is 0.573 e. The first-order valence-electron chi connectivity index (χ1n) is 8.78. The number of nitrogens with one attached hydrogen (secondary N) is 1. The second kappa shape index (κ2) is 8.62. The van der Waals surface area contributed by atoms with E-state index in [2.05, 4.69) is 15.0 Å². The topological polar surface area (TPSA) is 65.4 Å². The zero-order valence-corrected chi connectivity index (χ0v) is 16.3. The maximum absolute atomic E-state index is 13.5. The van der Waals surface area contributed by atoms with Gasteiger partial charge in [0, 0.05) is 11.8 Å². The second-order valence-corrected chi connectivity index (χ2v) is 6.49. The number of rotatable bonds is 6. The van der Waals surface area contributed by atoms with E-state index in [0.29, 0.717) is 11.3 Å². The number of benzene rings is 2. The van der Waals surface area contributed by atoms with E-state index >= 15 is 0 Å². The van der Waals surface area contributed by atoms with Gasteiger partial charge in [0.1, 0.15) is 17.4 Å². The molecule has 1 N–H and O–H groups in total. The molecule has 0 atom stereocenters. The first kappa shape index (κ1) is 22.1. The summed E-state index contributed by atoms with van der Waals surface area (Å²) >= 11 is 0. The molecule has 3 rings (SSSR count). The first-order chi connectivity index (χ1) is 14.5. The molecule has 0 saturated heterocycles. The van der Waals surface area contributed by atoms with Crippen molar-refractivity contribution < 1.29 is 31.4 Å². The van der Waals surface area contributed by atoms with E-state index in [4.69, 9.17) is 4.74 Å². The third-order valence-electron chi connectivity index (χ3n) is 4.14. The van der Waals surface area contributed by atoms with Crippen LogP contribution in [-0.4, -0.2) is 23.0 Å². The van der Waals surface area contributed by atoms with Gasteiger partial charge < -0.3 is 19.4 Å². The number of methoxy groups -OCH3 is 1. The Morgan fingerprint density at radius 3 is 2.35 bits per heavy atom. The van der Waals surface area contributed by atoms with Crippen molar-refractivity contribution in [2.45, 2.75) is 19.8 Å². The third-order valence-corrected chi connectivity index (χ3v) is 4.14. The summed E-state index contributed by atoms with van der Waals surface area (Å²) in [5.41, 5.74) is 0.251. The smallest absolute Gasteiger partial charge is 0.490 e. The van der Waals surface area contributed by atoms with Gasteiger partial charge in [0.15, 0.2) is 0 Å². The van der Waals surface area contributed by atoms with Gasteiger partial charge in [-0.3, -0.25) is 4.79 Å². The highest BCUT2D eigenvalue weighted by Crippen LogP contribution is 2.28. The fourth-order valence-corrected chi connectivity index (χ4v) is 2.83. The lowest BCUT2D eigenvalue weighted by Crippen LogP contribution is -2.19. The van der Waals surface area contributed by atoms with Crippen LogP contribution in [0.3, 0.4) is 0 Å². The van der Waals surface area contributed by atoms with E-state index in [1.54, 1.807) is 0 Å². The Morgan fingerprint density at radius 2 is 1.77 bits per heavy atom. The number of alkyl halides is 3. The zero-order chi connectivity index (χ0) is 22.8. The Labute approximate surface area is 172 Å². The second-order valence-electron chi connectivity index (χ2n) is 6.49. The Morgan fingerprint density at radius 1 is 1.10 bits per heavy atom. The van der Waals surface area contributed by atoms with Crippen molar-refractivity contribution >= 4 is 11.6 Å². The van der Waals surface area contributed by atoms with Crippen molar-refractivity contribution in [2.24, 2.45) is 0 Å². The third kappa shape index (κ3) is 5.71. The highest BCUT2D eigenvalue weighted by molar-refractivity contribution is 5.60. The van der Waals surface area contributed by atoms with Crippen molar-refractivity contribution in [2.75, 3.05) is 12.4 Å². The summed E-state index contributed by atoms with van der Waals surface area (Å²) < 4.78 is 74.5. The number of anilines is 2. The quantitative estimate of drug-likeness (QED) is 0.570. The molecule has 0 aliphatic heterocycles. The van der Waals surface area contributed by atoms with Gasteiger partial charge in [-0.1, -0.05) is 0 Å². The molecule has 0 amide bonds. The fourth-order valence-electron chi connectivity index (χ4n) is 2.83. The van der Waals surface area contributed by atoms with Crippen LogP contribution in [0, 0.1) is 18.6 Å². The number of hydrogen-bond donors (Lipinski definition) is 1. The highest BCUT2D eigenvalue weighted by Gasteiger charge is 2.31. The summed E-state index contributed by atoms with van der Waals surface area (Å²) in [5, 5.41) is 2.84. The van der Waals surface area contributed by atoms with Gasteiger partial charge >= 0.3 is 11.9 Å². The summed E-state index contributed by atoms with van der Waals surface area (Å²) in [4.78, 5) is 16.0. The lowest BCUT2D eigenvalue weighted by Gasteiger charge is -2.17. The molecule has 164 valence electrons. The molecule has 0 saturated carbocycles.